The van der Waals surface area contributed by atoms with Crippen molar-refractivity contribution >= 4 is 11.9 Å². The average molecular weight is 324 g/mol. The number of nitrogens with zero attached hydrogens (tertiary/aromatic N) is 1. The average Bonchev–Trinajstić information content (AvgIpc) is 2.49. The monoisotopic (exact) mass is 324 g/mol. The lowest BCUT2D eigenvalue weighted by atomic mass is 10.0. The summed E-state index contributed by atoms with van der Waals surface area (Å²) < 4.78 is 0. The van der Waals surface area contributed by atoms with Gasteiger partial charge in [-0.2, -0.15) is 0 Å². The van der Waals surface area contributed by atoms with Gasteiger partial charge >= 0.3 is 5.97 Å². The number of aliphatic hydroxyl groups excluding tert-OH is 5. The number of amides is 1. The van der Waals surface area contributed by atoms with E-state index in [4.69, 9.17) is 21.1 Å². The first-order valence-corrected chi connectivity index (χ1v) is 6.67. The molecule has 0 spiro atoms. The van der Waals surface area contributed by atoms with E-state index in [2.05, 4.69) is 0 Å². The number of carboxylic acid groups (broad SMARTS) is 1. The van der Waals surface area contributed by atoms with E-state index in [1.54, 1.807) is 0 Å². The molecule has 0 bridgehead atoms. The molecule has 0 saturated heterocycles. The van der Waals surface area contributed by atoms with E-state index >= 15 is 0 Å². The van der Waals surface area contributed by atoms with Gasteiger partial charge < -0.3 is 41.3 Å². The minimum atomic E-state index is -1.77. The number of likely N-dealkylation sites (N-methyl/N-ethyl adjacent to an activating group) is 1. The van der Waals surface area contributed by atoms with Crippen molar-refractivity contribution in [3.63, 3.8) is 0 Å². The summed E-state index contributed by atoms with van der Waals surface area (Å²) in [5, 5.41) is 55.1. The summed E-state index contributed by atoms with van der Waals surface area (Å²) in [6.07, 6.45) is -6.96. The highest BCUT2D eigenvalue weighted by Gasteiger charge is 2.31. The van der Waals surface area contributed by atoms with Crippen molar-refractivity contribution in [1.29, 1.82) is 0 Å². The van der Waals surface area contributed by atoms with Crippen molar-refractivity contribution in [3.05, 3.63) is 0 Å². The Labute approximate surface area is 127 Å². The lowest BCUT2D eigenvalue weighted by molar-refractivity contribution is -0.140. The van der Waals surface area contributed by atoms with Gasteiger partial charge in [0.1, 0.15) is 30.5 Å². The molecule has 8 N–H and O–H groups in total. The zero-order valence-corrected chi connectivity index (χ0v) is 12.2. The van der Waals surface area contributed by atoms with Crippen LogP contribution in [0.2, 0.25) is 0 Å². The molecule has 0 heterocycles. The zero-order valence-electron chi connectivity index (χ0n) is 12.2. The van der Waals surface area contributed by atoms with Crippen LogP contribution >= 0.6 is 0 Å². The molecular formula is C12H24N2O8. The zero-order chi connectivity index (χ0) is 17.4. The lowest BCUT2D eigenvalue weighted by Crippen LogP contribution is -2.50. The highest BCUT2D eigenvalue weighted by Crippen LogP contribution is 2.07. The third-order valence-electron chi connectivity index (χ3n) is 3.20. The second-order valence-electron chi connectivity index (χ2n) is 5.06. The molecule has 2 unspecified atom stereocenters. The second-order valence-corrected chi connectivity index (χ2v) is 5.06. The van der Waals surface area contributed by atoms with Crippen molar-refractivity contribution in [3.8, 4) is 0 Å². The van der Waals surface area contributed by atoms with Gasteiger partial charge in [-0.05, 0) is 6.42 Å². The van der Waals surface area contributed by atoms with Crippen LogP contribution in [0.25, 0.3) is 0 Å². The third kappa shape index (κ3) is 6.64. The molecule has 0 saturated carbocycles. The molecule has 0 aliphatic heterocycles. The van der Waals surface area contributed by atoms with E-state index in [1.807, 2.05) is 0 Å². The Morgan fingerprint density at radius 3 is 2.05 bits per heavy atom. The van der Waals surface area contributed by atoms with Crippen LogP contribution in [-0.2, 0) is 9.59 Å². The fraction of sp³-hybridized carbons (Fsp3) is 0.833. The summed E-state index contributed by atoms with van der Waals surface area (Å²) in [6, 6.07) is -1.17. The fourth-order valence-corrected chi connectivity index (χ4v) is 1.65. The maximum atomic E-state index is 11.7. The largest absolute Gasteiger partial charge is 0.480 e. The predicted octanol–water partition coefficient (Wildman–Crippen LogP) is -3.93. The van der Waals surface area contributed by atoms with Gasteiger partial charge in [-0.15, -0.1) is 0 Å². The molecule has 0 fully saturated rings. The van der Waals surface area contributed by atoms with E-state index in [9.17, 15) is 24.9 Å². The van der Waals surface area contributed by atoms with Gasteiger partial charge in [-0.1, -0.05) is 0 Å². The predicted molar refractivity (Wildman–Crippen MR) is 73.6 cm³/mol. The van der Waals surface area contributed by atoms with Crippen molar-refractivity contribution in [2.75, 3.05) is 20.2 Å². The molecule has 0 aliphatic rings. The van der Waals surface area contributed by atoms with E-state index < -0.39 is 48.9 Å². The van der Waals surface area contributed by atoms with Gasteiger partial charge in [-0.3, -0.25) is 9.59 Å². The molecular weight excluding hydrogens is 300 g/mol. The van der Waals surface area contributed by atoms with Gasteiger partial charge in [0.05, 0.1) is 6.61 Å². The molecule has 0 aliphatic carbocycles. The number of carbonyl (C=O) groups excluding carboxylic acids is 1. The summed E-state index contributed by atoms with van der Waals surface area (Å²) in [7, 11) is 1.32. The first-order valence-electron chi connectivity index (χ1n) is 6.67. The molecule has 130 valence electrons. The maximum absolute atomic E-state index is 11.7. The van der Waals surface area contributed by atoms with Crippen molar-refractivity contribution < 1.29 is 40.2 Å². The molecule has 0 aromatic rings. The minimum absolute atomic E-state index is 0.0804. The standard InChI is InChI=1S/C12H24N2O8/c1-14(9(18)3-2-6(13)12(21)22)4-7(16)10(19)11(20)8(17)5-15/h6-8,10-11,15-17,19-20H,2-5,13H2,1H3,(H,21,22)/t6-,7?,8+,10?,11+/m0/s1. The molecule has 10 nitrogen and oxygen atoms in total. The first-order chi connectivity index (χ1) is 10.1. The van der Waals surface area contributed by atoms with Crippen LogP contribution in [0.1, 0.15) is 12.8 Å². The Morgan fingerprint density at radius 1 is 1.09 bits per heavy atom. The molecule has 5 atom stereocenters. The summed E-state index contributed by atoms with van der Waals surface area (Å²) in [5.74, 6) is -1.73. The van der Waals surface area contributed by atoms with E-state index in [0.717, 1.165) is 4.90 Å². The van der Waals surface area contributed by atoms with Gasteiger partial charge in [0.25, 0.3) is 0 Å². The smallest absolute Gasteiger partial charge is 0.320 e. The van der Waals surface area contributed by atoms with Gasteiger partial charge in [-0.25, -0.2) is 0 Å². The van der Waals surface area contributed by atoms with Gasteiger partial charge in [0, 0.05) is 20.0 Å². The molecule has 0 aromatic carbocycles. The number of carboxylic acids is 1. The Morgan fingerprint density at radius 2 is 1.59 bits per heavy atom. The van der Waals surface area contributed by atoms with Crippen LogP contribution in [0.3, 0.4) is 0 Å². The van der Waals surface area contributed by atoms with Crippen LogP contribution in [0.4, 0.5) is 0 Å². The number of aliphatic carboxylic acids is 1. The normalized spacial score (nSPS) is 18.1. The number of aliphatic hydroxyl groups is 5. The van der Waals surface area contributed by atoms with Crippen LogP contribution in [0.5, 0.6) is 0 Å². The molecule has 0 rings (SSSR count). The van der Waals surface area contributed by atoms with Crippen molar-refractivity contribution in [2.45, 2.75) is 43.3 Å². The quantitative estimate of drug-likeness (QED) is 0.211. The number of hydrogen-bond donors (Lipinski definition) is 7. The Balaban J connectivity index is 4.36. The van der Waals surface area contributed by atoms with Crippen LogP contribution in [0, 0.1) is 0 Å². The molecule has 10 heteroatoms. The molecule has 0 radical (unpaired) electrons. The number of carbonyl (C=O) groups is 2. The third-order valence-corrected chi connectivity index (χ3v) is 3.20. The number of rotatable bonds is 10. The fourth-order valence-electron chi connectivity index (χ4n) is 1.65. The van der Waals surface area contributed by atoms with Gasteiger partial charge in [0.15, 0.2) is 0 Å². The molecule has 0 aromatic heterocycles. The topological polar surface area (TPSA) is 185 Å². The minimum Gasteiger partial charge on any atom is -0.480 e. The van der Waals surface area contributed by atoms with E-state index in [1.165, 1.54) is 7.05 Å². The summed E-state index contributed by atoms with van der Waals surface area (Å²) in [6.45, 7) is -1.15. The Kier molecular flexibility index (Phi) is 9.09. The van der Waals surface area contributed by atoms with Crippen molar-refractivity contribution in [2.24, 2.45) is 5.73 Å². The van der Waals surface area contributed by atoms with Gasteiger partial charge in [0.2, 0.25) is 5.91 Å². The lowest BCUT2D eigenvalue weighted by Gasteiger charge is -2.28. The van der Waals surface area contributed by atoms with Crippen LogP contribution in [-0.4, -0.2) is 98.1 Å². The van der Waals surface area contributed by atoms with E-state index in [0.29, 0.717) is 0 Å². The number of nitrogens with two attached hydrogens (primary N) is 1. The van der Waals surface area contributed by atoms with Crippen LogP contribution in [0.15, 0.2) is 0 Å². The Hall–Kier alpha value is -1.30. The molecule has 22 heavy (non-hydrogen) atoms. The highest BCUT2D eigenvalue weighted by atomic mass is 16.4. The SMILES string of the molecule is CN(CC(O)C(O)[C@H](O)[C@H](O)CO)C(=O)CC[C@H](N)C(=O)O. The Bertz CT molecular complexity index is 367. The van der Waals surface area contributed by atoms with Crippen LogP contribution < -0.4 is 5.73 Å². The number of hydrogen-bond acceptors (Lipinski definition) is 8. The van der Waals surface area contributed by atoms with E-state index in [-0.39, 0.29) is 19.4 Å². The highest BCUT2D eigenvalue weighted by molar-refractivity contribution is 5.78. The summed E-state index contributed by atoms with van der Waals surface area (Å²) >= 11 is 0. The summed E-state index contributed by atoms with van der Waals surface area (Å²) in [4.78, 5) is 23.3. The van der Waals surface area contributed by atoms with Crippen molar-refractivity contribution in [1.82, 2.24) is 4.90 Å². The molecule has 1 amide bonds. The maximum Gasteiger partial charge on any atom is 0.320 e. The first kappa shape index (κ1) is 20.7. The summed E-state index contributed by atoms with van der Waals surface area (Å²) in [5.41, 5.74) is 5.26. The second kappa shape index (κ2) is 9.66.